The Bertz CT molecular complexity index is 664. The fourth-order valence-corrected chi connectivity index (χ4v) is 2.77. The topological polar surface area (TPSA) is 101 Å². The number of ether oxygens (including phenoxy) is 1. The zero-order chi connectivity index (χ0) is 14.0. The maximum absolute atomic E-state index is 12.3. The lowest BCUT2D eigenvalue weighted by molar-refractivity contribution is 0.415. The number of H-pyrrole nitrogens is 1. The smallest absolute Gasteiger partial charge is 0.269 e. The Morgan fingerprint density at radius 2 is 1.95 bits per heavy atom. The van der Waals surface area contributed by atoms with Gasteiger partial charge in [0.05, 0.1) is 19.0 Å². The van der Waals surface area contributed by atoms with E-state index in [1.165, 1.54) is 13.2 Å². The molecule has 7 nitrogen and oxygen atoms in total. The third-order valence-electron chi connectivity index (χ3n) is 2.71. The molecule has 0 saturated carbocycles. The molecule has 1 aromatic heterocycles. The highest BCUT2D eigenvalue weighted by Crippen LogP contribution is 2.25. The van der Waals surface area contributed by atoms with Crippen LogP contribution in [0.5, 0.6) is 5.75 Å². The van der Waals surface area contributed by atoms with Crippen LogP contribution in [0.4, 0.5) is 11.5 Å². The van der Waals surface area contributed by atoms with Crippen molar-refractivity contribution in [1.82, 2.24) is 10.2 Å². The summed E-state index contributed by atoms with van der Waals surface area (Å²) < 4.78 is 30.8. The van der Waals surface area contributed by atoms with Crippen LogP contribution < -0.4 is 14.8 Å². The number of nitrogens with one attached hydrogen (secondary N) is 1. The number of nitrogen functional groups attached to an aromatic ring is 1. The van der Waals surface area contributed by atoms with Crippen molar-refractivity contribution in [2.45, 2.75) is 4.90 Å². The number of sulfonamides is 1. The van der Waals surface area contributed by atoms with E-state index in [4.69, 9.17) is 10.5 Å². The molecule has 0 aliphatic heterocycles. The zero-order valence-electron chi connectivity index (χ0n) is 10.5. The van der Waals surface area contributed by atoms with Crippen molar-refractivity contribution >= 4 is 21.5 Å². The maximum atomic E-state index is 12.3. The zero-order valence-corrected chi connectivity index (χ0v) is 11.3. The van der Waals surface area contributed by atoms with Crippen molar-refractivity contribution in [1.29, 1.82) is 0 Å². The van der Waals surface area contributed by atoms with Crippen LogP contribution in [0.25, 0.3) is 0 Å². The molecule has 1 aromatic carbocycles. The molecule has 0 saturated heterocycles. The summed E-state index contributed by atoms with van der Waals surface area (Å²) in [7, 11) is -0.734. The van der Waals surface area contributed by atoms with Crippen LogP contribution in [0.2, 0.25) is 0 Å². The van der Waals surface area contributed by atoms with Gasteiger partial charge < -0.3 is 10.5 Å². The van der Waals surface area contributed by atoms with Gasteiger partial charge in [0.1, 0.15) is 16.5 Å². The van der Waals surface area contributed by atoms with E-state index >= 15 is 0 Å². The lowest BCUT2D eigenvalue weighted by Gasteiger charge is -2.19. The van der Waals surface area contributed by atoms with Gasteiger partial charge in [0, 0.05) is 7.05 Å². The van der Waals surface area contributed by atoms with Gasteiger partial charge in [-0.05, 0) is 24.3 Å². The highest BCUT2D eigenvalue weighted by Gasteiger charge is 2.25. The fourth-order valence-electron chi connectivity index (χ4n) is 1.57. The molecule has 19 heavy (non-hydrogen) atoms. The largest absolute Gasteiger partial charge is 0.497 e. The number of hydrogen-bond acceptors (Lipinski definition) is 5. The van der Waals surface area contributed by atoms with Gasteiger partial charge >= 0.3 is 0 Å². The van der Waals surface area contributed by atoms with Crippen molar-refractivity contribution < 1.29 is 13.2 Å². The summed E-state index contributed by atoms with van der Waals surface area (Å²) in [6, 6.07) is 6.65. The molecule has 102 valence electrons. The molecule has 1 heterocycles. The van der Waals surface area contributed by atoms with E-state index < -0.39 is 10.0 Å². The third-order valence-corrected chi connectivity index (χ3v) is 4.52. The predicted octanol–water partition coefficient (Wildman–Crippen LogP) is 0.826. The molecule has 0 spiro atoms. The quantitative estimate of drug-likeness (QED) is 0.864. The number of hydrogen-bond donors (Lipinski definition) is 2. The molecule has 0 bridgehead atoms. The highest BCUT2D eigenvalue weighted by atomic mass is 32.2. The summed E-state index contributed by atoms with van der Waals surface area (Å²) in [5, 5.41) is 6.02. The van der Waals surface area contributed by atoms with E-state index in [-0.39, 0.29) is 10.7 Å². The summed E-state index contributed by atoms with van der Waals surface area (Å²) in [5.74, 6) is 0.665. The Kier molecular flexibility index (Phi) is 3.34. The monoisotopic (exact) mass is 282 g/mol. The molecule has 0 amide bonds. The normalized spacial score (nSPS) is 11.3. The van der Waals surface area contributed by atoms with Crippen molar-refractivity contribution in [3.05, 3.63) is 30.5 Å². The average molecular weight is 282 g/mol. The number of nitrogens with two attached hydrogens (primary N) is 1. The van der Waals surface area contributed by atoms with Crippen LogP contribution in [-0.4, -0.2) is 32.8 Å². The van der Waals surface area contributed by atoms with Gasteiger partial charge in [-0.3, -0.25) is 9.40 Å². The molecule has 0 atom stereocenters. The van der Waals surface area contributed by atoms with Gasteiger partial charge in [-0.15, -0.1) is 0 Å². The van der Waals surface area contributed by atoms with E-state index in [1.807, 2.05) is 0 Å². The Morgan fingerprint density at radius 3 is 2.42 bits per heavy atom. The molecule has 0 radical (unpaired) electrons. The molecule has 0 unspecified atom stereocenters. The molecule has 0 aliphatic rings. The van der Waals surface area contributed by atoms with Crippen LogP contribution in [0.15, 0.2) is 35.4 Å². The number of aromatic amines is 1. The summed E-state index contributed by atoms with van der Waals surface area (Å²) >= 11 is 0. The summed E-state index contributed by atoms with van der Waals surface area (Å²) in [6.45, 7) is 0. The van der Waals surface area contributed by atoms with Crippen LogP contribution in [0, 0.1) is 0 Å². The second-order valence-corrected chi connectivity index (χ2v) is 5.76. The first-order chi connectivity index (χ1) is 8.96. The minimum atomic E-state index is -3.73. The van der Waals surface area contributed by atoms with E-state index in [0.29, 0.717) is 11.4 Å². The Labute approximate surface area is 111 Å². The van der Waals surface area contributed by atoms with Crippen LogP contribution in [-0.2, 0) is 10.0 Å². The molecular weight excluding hydrogens is 268 g/mol. The van der Waals surface area contributed by atoms with E-state index in [1.54, 1.807) is 31.4 Å². The molecule has 2 rings (SSSR count). The highest BCUT2D eigenvalue weighted by molar-refractivity contribution is 7.93. The van der Waals surface area contributed by atoms with Gasteiger partial charge in [0.15, 0.2) is 0 Å². The fraction of sp³-hybridized carbons (Fsp3) is 0.182. The number of anilines is 2. The number of aromatic nitrogens is 2. The second-order valence-electron chi connectivity index (χ2n) is 3.82. The molecule has 0 fully saturated rings. The van der Waals surface area contributed by atoms with Crippen LogP contribution >= 0.6 is 0 Å². The molecule has 3 N–H and O–H groups in total. The molecule has 0 aliphatic carbocycles. The first-order valence-electron chi connectivity index (χ1n) is 5.38. The first-order valence-corrected chi connectivity index (χ1v) is 6.82. The molecule has 2 aromatic rings. The first kappa shape index (κ1) is 13.2. The SMILES string of the molecule is COc1ccc(N(C)S(=O)(=O)c2cn[nH]c2N)cc1. The lowest BCUT2D eigenvalue weighted by Crippen LogP contribution is -2.26. The van der Waals surface area contributed by atoms with Crippen LogP contribution in [0.3, 0.4) is 0 Å². The van der Waals surface area contributed by atoms with Crippen molar-refractivity contribution in [2.24, 2.45) is 0 Å². The number of methoxy groups -OCH3 is 1. The maximum Gasteiger partial charge on any atom is 0.269 e. The summed E-state index contributed by atoms with van der Waals surface area (Å²) in [5.41, 5.74) is 6.05. The second kappa shape index (κ2) is 4.81. The van der Waals surface area contributed by atoms with Gasteiger partial charge in [-0.2, -0.15) is 5.10 Å². The van der Waals surface area contributed by atoms with E-state index in [9.17, 15) is 8.42 Å². The molecule has 8 heteroatoms. The van der Waals surface area contributed by atoms with Gasteiger partial charge in [-0.25, -0.2) is 8.42 Å². The minimum Gasteiger partial charge on any atom is -0.497 e. The summed E-state index contributed by atoms with van der Waals surface area (Å²) in [6.07, 6.45) is 1.19. The Hall–Kier alpha value is -2.22. The molecular formula is C11H14N4O3S. The Balaban J connectivity index is 2.37. The van der Waals surface area contributed by atoms with Crippen molar-refractivity contribution in [3.63, 3.8) is 0 Å². The summed E-state index contributed by atoms with van der Waals surface area (Å²) in [4.78, 5) is -0.0502. The van der Waals surface area contributed by atoms with E-state index in [0.717, 1.165) is 4.31 Å². The van der Waals surface area contributed by atoms with Gasteiger partial charge in [0.2, 0.25) is 0 Å². The number of rotatable bonds is 4. The standard InChI is InChI=1S/C11H14N4O3S/c1-15(8-3-5-9(18-2)6-4-8)19(16,17)10-7-13-14-11(10)12/h3-7H,1-2H3,(H3,12,13,14). The Morgan fingerprint density at radius 1 is 1.32 bits per heavy atom. The average Bonchev–Trinajstić information content (AvgIpc) is 2.85. The van der Waals surface area contributed by atoms with Gasteiger partial charge in [-0.1, -0.05) is 0 Å². The third kappa shape index (κ3) is 2.34. The number of nitrogens with zero attached hydrogens (tertiary/aromatic N) is 2. The van der Waals surface area contributed by atoms with Crippen molar-refractivity contribution in [3.8, 4) is 5.75 Å². The van der Waals surface area contributed by atoms with E-state index in [2.05, 4.69) is 10.2 Å². The lowest BCUT2D eigenvalue weighted by atomic mass is 10.3. The predicted molar refractivity (Wildman–Crippen MR) is 71.6 cm³/mol. The number of benzene rings is 1. The van der Waals surface area contributed by atoms with Crippen LogP contribution in [0.1, 0.15) is 0 Å². The van der Waals surface area contributed by atoms with Gasteiger partial charge in [0.25, 0.3) is 10.0 Å². The van der Waals surface area contributed by atoms with Crippen molar-refractivity contribution in [2.75, 3.05) is 24.2 Å². The minimum absolute atomic E-state index is 0.0142.